The number of hydrazine groups is 1. The molecular formula is C18H22ClN3O3. The zero-order valence-corrected chi connectivity index (χ0v) is 14.6. The van der Waals surface area contributed by atoms with Gasteiger partial charge < -0.3 is 5.32 Å². The second kappa shape index (κ2) is 9.84. The summed E-state index contributed by atoms with van der Waals surface area (Å²) in [6.45, 7) is -0.163. The molecule has 0 aliphatic heterocycles. The fourth-order valence-electron chi connectivity index (χ4n) is 2.67. The molecule has 134 valence electrons. The lowest BCUT2D eigenvalue weighted by Crippen LogP contribution is -2.46. The van der Waals surface area contributed by atoms with Gasteiger partial charge in [0.1, 0.15) is 0 Å². The molecule has 0 atom stereocenters. The van der Waals surface area contributed by atoms with Gasteiger partial charge in [0.05, 0.1) is 6.54 Å². The van der Waals surface area contributed by atoms with Gasteiger partial charge in [0.2, 0.25) is 5.91 Å². The number of carbonyl (C=O) groups is 3. The topological polar surface area (TPSA) is 87.3 Å². The van der Waals surface area contributed by atoms with Crippen molar-refractivity contribution in [1.82, 2.24) is 16.2 Å². The Bertz CT molecular complexity index is 655. The first kappa shape index (κ1) is 19.0. The highest BCUT2D eigenvalue weighted by Crippen LogP contribution is 2.23. The quantitative estimate of drug-likeness (QED) is 0.553. The number of carbonyl (C=O) groups excluding carboxylic acids is 3. The van der Waals surface area contributed by atoms with E-state index in [0.29, 0.717) is 10.6 Å². The average molecular weight is 364 g/mol. The molecule has 0 aromatic heterocycles. The maximum atomic E-state index is 11.9. The average Bonchev–Trinajstić information content (AvgIpc) is 2.64. The second-order valence-electron chi connectivity index (χ2n) is 5.95. The van der Waals surface area contributed by atoms with E-state index in [1.165, 1.54) is 6.08 Å². The van der Waals surface area contributed by atoms with Crippen molar-refractivity contribution in [2.45, 2.75) is 32.1 Å². The summed E-state index contributed by atoms with van der Waals surface area (Å²) in [6, 6.07) is 7.09. The molecule has 7 heteroatoms. The Hall–Kier alpha value is -2.34. The summed E-state index contributed by atoms with van der Waals surface area (Å²) in [5.41, 5.74) is 5.21. The normalized spacial score (nSPS) is 14.9. The molecule has 1 aromatic carbocycles. The molecule has 1 aliphatic rings. The van der Waals surface area contributed by atoms with Crippen LogP contribution in [0.2, 0.25) is 5.02 Å². The number of halogens is 1. The Kier molecular flexibility index (Phi) is 7.47. The van der Waals surface area contributed by atoms with E-state index in [4.69, 9.17) is 11.6 Å². The van der Waals surface area contributed by atoms with E-state index in [-0.39, 0.29) is 18.4 Å². The zero-order valence-electron chi connectivity index (χ0n) is 13.9. The molecule has 0 saturated heterocycles. The predicted molar refractivity (Wildman–Crippen MR) is 96.4 cm³/mol. The van der Waals surface area contributed by atoms with Gasteiger partial charge >= 0.3 is 0 Å². The van der Waals surface area contributed by atoms with Crippen LogP contribution in [-0.4, -0.2) is 24.3 Å². The SMILES string of the molecule is O=C(/C=C/c1ccccc1Cl)NNC(=O)CNC(=O)C1CCCCC1. The van der Waals surface area contributed by atoms with Crippen molar-refractivity contribution in [2.75, 3.05) is 6.54 Å². The third kappa shape index (κ3) is 6.58. The van der Waals surface area contributed by atoms with Gasteiger partial charge in [-0.1, -0.05) is 49.1 Å². The fourth-order valence-corrected chi connectivity index (χ4v) is 2.87. The van der Waals surface area contributed by atoms with E-state index in [9.17, 15) is 14.4 Å². The first-order chi connectivity index (χ1) is 12.1. The number of hydrogen-bond donors (Lipinski definition) is 3. The van der Waals surface area contributed by atoms with Gasteiger partial charge in [0, 0.05) is 17.0 Å². The van der Waals surface area contributed by atoms with Gasteiger partial charge in [-0.2, -0.15) is 0 Å². The number of nitrogens with one attached hydrogen (secondary N) is 3. The van der Waals surface area contributed by atoms with Crippen LogP contribution in [0.4, 0.5) is 0 Å². The van der Waals surface area contributed by atoms with Crippen LogP contribution < -0.4 is 16.2 Å². The Balaban J connectivity index is 1.68. The smallest absolute Gasteiger partial charge is 0.262 e. The monoisotopic (exact) mass is 363 g/mol. The summed E-state index contributed by atoms with van der Waals surface area (Å²) in [5, 5.41) is 3.13. The van der Waals surface area contributed by atoms with E-state index < -0.39 is 11.8 Å². The highest BCUT2D eigenvalue weighted by molar-refractivity contribution is 6.32. The van der Waals surface area contributed by atoms with Crippen molar-refractivity contribution in [1.29, 1.82) is 0 Å². The van der Waals surface area contributed by atoms with Crippen molar-refractivity contribution < 1.29 is 14.4 Å². The minimum atomic E-state index is -0.494. The first-order valence-electron chi connectivity index (χ1n) is 8.35. The van der Waals surface area contributed by atoms with Crippen molar-refractivity contribution in [3.63, 3.8) is 0 Å². The molecule has 2 rings (SSSR count). The van der Waals surface area contributed by atoms with E-state index in [0.717, 1.165) is 32.1 Å². The summed E-state index contributed by atoms with van der Waals surface area (Å²) in [4.78, 5) is 35.3. The van der Waals surface area contributed by atoms with Crippen LogP contribution in [0.1, 0.15) is 37.7 Å². The van der Waals surface area contributed by atoms with E-state index in [2.05, 4.69) is 16.2 Å². The third-order valence-electron chi connectivity index (χ3n) is 4.04. The van der Waals surface area contributed by atoms with Crippen molar-refractivity contribution in [3.05, 3.63) is 40.9 Å². The minimum Gasteiger partial charge on any atom is -0.347 e. The van der Waals surface area contributed by atoms with Crippen LogP contribution in [0.5, 0.6) is 0 Å². The van der Waals surface area contributed by atoms with E-state index in [1.54, 1.807) is 30.3 Å². The fraction of sp³-hybridized carbons (Fsp3) is 0.389. The largest absolute Gasteiger partial charge is 0.347 e. The molecule has 6 nitrogen and oxygen atoms in total. The Labute approximate surface area is 152 Å². The van der Waals surface area contributed by atoms with Crippen molar-refractivity contribution in [2.24, 2.45) is 5.92 Å². The van der Waals surface area contributed by atoms with Crippen LogP contribution >= 0.6 is 11.6 Å². The molecule has 1 aromatic rings. The highest BCUT2D eigenvalue weighted by atomic mass is 35.5. The van der Waals surface area contributed by atoms with Crippen LogP contribution in [-0.2, 0) is 14.4 Å². The second-order valence-corrected chi connectivity index (χ2v) is 6.35. The van der Waals surface area contributed by atoms with Crippen molar-refractivity contribution in [3.8, 4) is 0 Å². The lowest BCUT2D eigenvalue weighted by molar-refractivity contribution is -0.130. The lowest BCUT2D eigenvalue weighted by Gasteiger charge is -2.20. The Morgan fingerprint density at radius 2 is 1.80 bits per heavy atom. The lowest BCUT2D eigenvalue weighted by atomic mass is 9.89. The molecule has 1 fully saturated rings. The molecular weight excluding hydrogens is 342 g/mol. The van der Waals surface area contributed by atoms with Gasteiger partial charge in [-0.05, 0) is 30.5 Å². The zero-order chi connectivity index (χ0) is 18.1. The van der Waals surface area contributed by atoms with E-state index >= 15 is 0 Å². The molecule has 1 saturated carbocycles. The number of amides is 3. The number of hydrogen-bond acceptors (Lipinski definition) is 3. The molecule has 3 amide bonds. The molecule has 0 bridgehead atoms. The van der Waals surface area contributed by atoms with Crippen LogP contribution in [0, 0.1) is 5.92 Å². The molecule has 0 radical (unpaired) electrons. The van der Waals surface area contributed by atoms with Crippen LogP contribution in [0.3, 0.4) is 0 Å². The minimum absolute atomic E-state index is 0.00491. The number of benzene rings is 1. The summed E-state index contributed by atoms with van der Waals surface area (Å²) < 4.78 is 0. The van der Waals surface area contributed by atoms with Gasteiger partial charge in [-0.3, -0.25) is 25.2 Å². The standard InChI is InChI=1S/C18H22ClN3O3/c19-15-9-5-4-6-13(15)10-11-16(23)21-22-17(24)12-20-18(25)14-7-2-1-3-8-14/h4-6,9-11,14H,1-3,7-8,12H2,(H,20,25)(H,21,23)(H,22,24)/b11-10+. The summed E-state index contributed by atoms with van der Waals surface area (Å²) in [6.07, 6.45) is 7.83. The van der Waals surface area contributed by atoms with Gasteiger partial charge in [0.15, 0.2) is 0 Å². The van der Waals surface area contributed by atoms with Gasteiger partial charge in [0.25, 0.3) is 11.8 Å². The molecule has 0 spiro atoms. The number of rotatable bonds is 5. The highest BCUT2D eigenvalue weighted by Gasteiger charge is 2.21. The summed E-state index contributed by atoms with van der Waals surface area (Å²) in [7, 11) is 0. The Morgan fingerprint density at radius 1 is 1.08 bits per heavy atom. The third-order valence-corrected chi connectivity index (χ3v) is 4.39. The maximum absolute atomic E-state index is 11.9. The summed E-state index contributed by atoms with van der Waals surface area (Å²) >= 11 is 5.98. The van der Waals surface area contributed by atoms with Crippen LogP contribution in [0.15, 0.2) is 30.3 Å². The predicted octanol–water partition coefficient (Wildman–Crippen LogP) is 2.20. The van der Waals surface area contributed by atoms with Crippen molar-refractivity contribution >= 4 is 35.4 Å². The summed E-state index contributed by atoms with van der Waals surface area (Å²) in [5.74, 6) is -1.08. The van der Waals surface area contributed by atoms with Gasteiger partial charge in [-0.25, -0.2) is 0 Å². The molecule has 3 N–H and O–H groups in total. The Morgan fingerprint density at radius 3 is 2.52 bits per heavy atom. The molecule has 25 heavy (non-hydrogen) atoms. The van der Waals surface area contributed by atoms with Gasteiger partial charge in [-0.15, -0.1) is 0 Å². The molecule has 0 heterocycles. The van der Waals surface area contributed by atoms with E-state index in [1.807, 2.05) is 0 Å². The molecule has 0 unspecified atom stereocenters. The van der Waals surface area contributed by atoms with Crippen LogP contribution in [0.25, 0.3) is 6.08 Å². The first-order valence-corrected chi connectivity index (χ1v) is 8.73. The maximum Gasteiger partial charge on any atom is 0.262 e. The molecule has 1 aliphatic carbocycles.